The van der Waals surface area contributed by atoms with Gasteiger partial charge in [-0.2, -0.15) is 12.6 Å². The number of hydrogen-bond donors (Lipinski definition) is 4. The van der Waals surface area contributed by atoms with Crippen LogP contribution in [0.3, 0.4) is 0 Å². The minimum absolute atomic E-state index is 0.0399. The SMILES string of the molecule is CC(C)NC(=O)[C@@H](C)Oc1nc(-c2ccccc2)ccc1NCC(N)CS. The third-order valence-electron chi connectivity index (χ3n) is 3.81. The maximum atomic E-state index is 12.2. The number of pyridine rings is 1. The van der Waals surface area contributed by atoms with Crippen molar-refractivity contribution in [3.8, 4) is 17.1 Å². The fraction of sp³-hybridized carbons (Fsp3) is 0.400. The van der Waals surface area contributed by atoms with Gasteiger partial charge >= 0.3 is 0 Å². The monoisotopic (exact) mass is 388 g/mol. The number of nitrogens with two attached hydrogens (primary N) is 1. The third kappa shape index (κ3) is 6.45. The zero-order valence-electron chi connectivity index (χ0n) is 16.0. The molecule has 0 saturated heterocycles. The van der Waals surface area contributed by atoms with Crippen molar-refractivity contribution < 1.29 is 9.53 Å². The first-order chi connectivity index (χ1) is 12.9. The van der Waals surface area contributed by atoms with Gasteiger partial charge in [-0.15, -0.1) is 0 Å². The standard InChI is InChI=1S/C20H28N4O2S/c1-13(2)23-19(25)14(3)26-20-18(22-11-16(21)12-27)10-9-17(24-20)15-7-5-4-6-8-15/h4-10,13-14,16,22,27H,11-12,21H2,1-3H3,(H,23,25)/t14-,16?/m1/s1. The first-order valence-corrected chi connectivity index (χ1v) is 9.67. The molecule has 0 aliphatic rings. The van der Waals surface area contributed by atoms with Gasteiger partial charge in [0.1, 0.15) is 0 Å². The van der Waals surface area contributed by atoms with Crippen molar-refractivity contribution in [2.45, 2.75) is 39.0 Å². The second-order valence-corrected chi connectivity index (χ2v) is 7.03. The quantitative estimate of drug-likeness (QED) is 0.496. The second-order valence-electron chi connectivity index (χ2n) is 6.66. The van der Waals surface area contributed by atoms with Gasteiger partial charge in [0.15, 0.2) is 6.10 Å². The Balaban J connectivity index is 2.26. The Kier molecular flexibility index (Phi) is 7.94. The fourth-order valence-corrected chi connectivity index (χ4v) is 2.49. The smallest absolute Gasteiger partial charge is 0.261 e. The lowest BCUT2D eigenvalue weighted by molar-refractivity contribution is -0.127. The number of amides is 1. The number of aromatic nitrogens is 1. The van der Waals surface area contributed by atoms with Crippen LogP contribution in [0.1, 0.15) is 20.8 Å². The molecule has 1 unspecified atom stereocenters. The lowest BCUT2D eigenvalue weighted by atomic mass is 10.1. The Bertz CT molecular complexity index is 740. The van der Waals surface area contributed by atoms with E-state index in [1.165, 1.54) is 0 Å². The third-order valence-corrected chi connectivity index (χ3v) is 4.28. The number of nitrogens with one attached hydrogen (secondary N) is 2. The first kappa shape index (κ1) is 21.1. The molecular formula is C20H28N4O2S. The van der Waals surface area contributed by atoms with E-state index >= 15 is 0 Å². The maximum absolute atomic E-state index is 12.2. The number of ether oxygens (including phenoxy) is 1. The van der Waals surface area contributed by atoms with Crippen LogP contribution in [0.25, 0.3) is 11.3 Å². The van der Waals surface area contributed by atoms with Gasteiger partial charge in [0.2, 0.25) is 5.88 Å². The van der Waals surface area contributed by atoms with Crippen molar-refractivity contribution in [2.75, 3.05) is 17.6 Å². The molecule has 27 heavy (non-hydrogen) atoms. The van der Waals surface area contributed by atoms with Gasteiger partial charge in [-0.3, -0.25) is 4.79 Å². The average molecular weight is 389 g/mol. The van der Waals surface area contributed by atoms with E-state index in [4.69, 9.17) is 10.5 Å². The summed E-state index contributed by atoms with van der Waals surface area (Å²) in [5, 5.41) is 6.08. The number of nitrogens with zero attached hydrogens (tertiary/aromatic N) is 1. The number of carbonyl (C=O) groups is 1. The van der Waals surface area contributed by atoms with E-state index in [9.17, 15) is 4.79 Å². The van der Waals surface area contributed by atoms with E-state index < -0.39 is 6.10 Å². The van der Waals surface area contributed by atoms with Crippen molar-refractivity contribution in [3.05, 3.63) is 42.5 Å². The fourth-order valence-electron chi connectivity index (χ4n) is 2.36. The summed E-state index contributed by atoms with van der Waals surface area (Å²) in [6, 6.07) is 13.6. The Morgan fingerprint density at radius 1 is 1.19 bits per heavy atom. The summed E-state index contributed by atoms with van der Waals surface area (Å²) in [6.45, 7) is 6.05. The van der Waals surface area contributed by atoms with Gasteiger partial charge in [0, 0.05) is 29.9 Å². The molecule has 0 aliphatic carbocycles. The van der Waals surface area contributed by atoms with E-state index in [1.54, 1.807) is 6.92 Å². The molecule has 6 nitrogen and oxygen atoms in total. The minimum atomic E-state index is -0.676. The van der Waals surface area contributed by atoms with Crippen molar-refractivity contribution in [1.29, 1.82) is 0 Å². The van der Waals surface area contributed by atoms with E-state index in [0.717, 1.165) is 11.3 Å². The van der Waals surface area contributed by atoms with Gasteiger partial charge in [-0.25, -0.2) is 4.98 Å². The Morgan fingerprint density at radius 2 is 1.89 bits per heavy atom. The molecule has 2 rings (SSSR count). The number of thiol groups is 1. The number of rotatable bonds is 9. The van der Waals surface area contributed by atoms with E-state index in [-0.39, 0.29) is 18.0 Å². The summed E-state index contributed by atoms with van der Waals surface area (Å²) in [7, 11) is 0. The predicted molar refractivity (Wildman–Crippen MR) is 113 cm³/mol. The van der Waals surface area contributed by atoms with Crippen LogP contribution in [0.2, 0.25) is 0 Å². The molecule has 0 bridgehead atoms. The number of benzene rings is 1. The molecular weight excluding hydrogens is 360 g/mol. The molecule has 0 radical (unpaired) electrons. The van der Waals surface area contributed by atoms with E-state index in [2.05, 4.69) is 28.2 Å². The highest BCUT2D eigenvalue weighted by atomic mass is 32.1. The normalized spacial score (nSPS) is 13.1. The summed E-state index contributed by atoms with van der Waals surface area (Å²) in [6.07, 6.45) is -0.676. The van der Waals surface area contributed by atoms with Crippen molar-refractivity contribution >= 4 is 24.2 Å². The summed E-state index contributed by atoms with van der Waals surface area (Å²) < 4.78 is 5.89. The topological polar surface area (TPSA) is 89.3 Å². The summed E-state index contributed by atoms with van der Waals surface area (Å²) in [5.74, 6) is 0.746. The summed E-state index contributed by atoms with van der Waals surface area (Å²) >= 11 is 4.20. The van der Waals surface area contributed by atoms with Crippen molar-refractivity contribution in [3.63, 3.8) is 0 Å². The zero-order valence-corrected chi connectivity index (χ0v) is 16.9. The average Bonchev–Trinajstić information content (AvgIpc) is 2.66. The van der Waals surface area contributed by atoms with Crippen LogP contribution in [0, 0.1) is 0 Å². The molecule has 1 amide bonds. The van der Waals surface area contributed by atoms with Crippen molar-refractivity contribution in [2.24, 2.45) is 5.73 Å². The number of hydrogen-bond acceptors (Lipinski definition) is 6. The highest BCUT2D eigenvalue weighted by Crippen LogP contribution is 2.28. The van der Waals surface area contributed by atoms with Crippen LogP contribution in [0.5, 0.6) is 5.88 Å². The molecule has 2 aromatic rings. The number of carbonyl (C=O) groups excluding carboxylic acids is 1. The predicted octanol–water partition coefficient (Wildman–Crippen LogP) is 2.71. The molecule has 0 spiro atoms. The largest absolute Gasteiger partial charge is 0.463 e. The summed E-state index contributed by atoms with van der Waals surface area (Å²) in [4.78, 5) is 16.8. The molecule has 1 heterocycles. The Labute approximate surface area is 166 Å². The molecule has 0 aliphatic heterocycles. The second kappa shape index (κ2) is 10.2. The van der Waals surface area contributed by atoms with Crippen LogP contribution >= 0.6 is 12.6 Å². The van der Waals surface area contributed by atoms with Crippen molar-refractivity contribution in [1.82, 2.24) is 10.3 Å². The molecule has 1 aromatic heterocycles. The molecule has 4 N–H and O–H groups in total. The summed E-state index contributed by atoms with van der Waals surface area (Å²) in [5.41, 5.74) is 8.36. The van der Waals surface area contributed by atoms with Gasteiger partial charge in [0.25, 0.3) is 5.91 Å². The highest BCUT2D eigenvalue weighted by molar-refractivity contribution is 7.80. The lowest BCUT2D eigenvalue weighted by Gasteiger charge is -2.19. The first-order valence-electron chi connectivity index (χ1n) is 9.04. The molecule has 7 heteroatoms. The molecule has 0 saturated carbocycles. The van der Waals surface area contributed by atoms with Gasteiger partial charge in [-0.1, -0.05) is 30.3 Å². The van der Waals surface area contributed by atoms with Gasteiger partial charge in [0.05, 0.1) is 11.4 Å². The Hall–Kier alpha value is -2.25. The van der Waals surface area contributed by atoms with Crippen LogP contribution in [-0.2, 0) is 4.79 Å². The van der Waals surface area contributed by atoms with Crippen LogP contribution in [0.4, 0.5) is 5.69 Å². The highest BCUT2D eigenvalue weighted by Gasteiger charge is 2.19. The van der Waals surface area contributed by atoms with E-state index in [1.807, 2.05) is 56.3 Å². The van der Waals surface area contributed by atoms with Gasteiger partial charge < -0.3 is 21.1 Å². The Morgan fingerprint density at radius 3 is 2.52 bits per heavy atom. The van der Waals surface area contributed by atoms with Crippen LogP contribution in [0.15, 0.2) is 42.5 Å². The zero-order chi connectivity index (χ0) is 19.8. The van der Waals surface area contributed by atoms with Crippen LogP contribution in [-0.4, -0.2) is 41.4 Å². The molecule has 0 fully saturated rings. The molecule has 146 valence electrons. The molecule has 1 aromatic carbocycles. The molecule has 2 atom stereocenters. The minimum Gasteiger partial charge on any atom is -0.463 e. The number of anilines is 1. The van der Waals surface area contributed by atoms with Gasteiger partial charge in [-0.05, 0) is 32.9 Å². The van der Waals surface area contributed by atoms with E-state index in [0.29, 0.717) is 23.9 Å². The lowest BCUT2D eigenvalue weighted by Crippen LogP contribution is -2.40. The van der Waals surface area contributed by atoms with Crippen LogP contribution < -0.4 is 21.1 Å². The maximum Gasteiger partial charge on any atom is 0.261 e.